The van der Waals surface area contributed by atoms with Crippen molar-refractivity contribution >= 4 is 17.6 Å². The fourth-order valence-corrected chi connectivity index (χ4v) is 1.64. The number of nitrogens with one attached hydrogen (secondary N) is 1. The highest BCUT2D eigenvalue weighted by Gasteiger charge is 2.15. The van der Waals surface area contributed by atoms with Crippen molar-refractivity contribution in [2.45, 2.75) is 32.7 Å². The number of carbonyl (C=O) groups excluding carboxylic acids is 1. The SMILES string of the molecule is CCC(N)CC(=O)Nc1cccc(C)c1C(=O)O. The van der Waals surface area contributed by atoms with E-state index >= 15 is 0 Å². The van der Waals surface area contributed by atoms with E-state index in [1.54, 1.807) is 25.1 Å². The van der Waals surface area contributed by atoms with Crippen LogP contribution in [0.5, 0.6) is 0 Å². The predicted molar refractivity (Wildman–Crippen MR) is 69.7 cm³/mol. The van der Waals surface area contributed by atoms with Gasteiger partial charge in [-0.2, -0.15) is 0 Å². The van der Waals surface area contributed by atoms with Crippen LogP contribution in [-0.2, 0) is 4.79 Å². The molecule has 0 heterocycles. The molecule has 1 unspecified atom stereocenters. The van der Waals surface area contributed by atoms with Crippen LogP contribution < -0.4 is 11.1 Å². The highest BCUT2D eigenvalue weighted by atomic mass is 16.4. The first-order valence-corrected chi connectivity index (χ1v) is 5.84. The zero-order chi connectivity index (χ0) is 13.7. The van der Waals surface area contributed by atoms with E-state index in [9.17, 15) is 9.59 Å². The summed E-state index contributed by atoms with van der Waals surface area (Å²) in [5.74, 6) is -1.32. The minimum Gasteiger partial charge on any atom is -0.478 e. The average Bonchev–Trinajstić information content (AvgIpc) is 2.28. The number of rotatable bonds is 5. The molecule has 1 amide bonds. The molecule has 0 spiro atoms. The van der Waals surface area contributed by atoms with Gasteiger partial charge in [0, 0.05) is 12.5 Å². The van der Waals surface area contributed by atoms with E-state index in [1.807, 2.05) is 6.92 Å². The van der Waals surface area contributed by atoms with Crippen LogP contribution in [0.2, 0.25) is 0 Å². The summed E-state index contributed by atoms with van der Waals surface area (Å²) in [4.78, 5) is 22.8. The monoisotopic (exact) mass is 250 g/mol. The van der Waals surface area contributed by atoms with Gasteiger partial charge < -0.3 is 16.2 Å². The molecule has 0 aliphatic carbocycles. The van der Waals surface area contributed by atoms with Gasteiger partial charge in [-0.3, -0.25) is 4.79 Å². The number of carboxylic acid groups (broad SMARTS) is 1. The molecule has 0 fully saturated rings. The van der Waals surface area contributed by atoms with Crippen LogP contribution in [0, 0.1) is 6.92 Å². The second-order valence-electron chi connectivity index (χ2n) is 4.22. The smallest absolute Gasteiger partial charge is 0.338 e. The first-order chi connectivity index (χ1) is 8.45. The van der Waals surface area contributed by atoms with Crippen molar-refractivity contribution in [2.75, 3.05) is 5.32 Å². The number of nitrogens with two attached hydrogens (primary N) is 1. The van der Waals surface area contributed by atoms with Gasteiger partial charge in [-0.15, -0.1) is 0 Å². The Hall–Kier alpha value is -1.88. The van der Waals surface area contributed by atoms with Crippen molar-refractivity contribution in [3.8, 4) is 0 Å². The van der Waals surface area contributed by atoms with Gasteiger partial charge >= 0.3 is 5.97 Å². The molecule has 5 nitrogen and oxygen atoms in total. The Morgan fingerprint density at radius 1 is 1.44 bits per heavy atom. The zero-order valence-corrected chi connectivity index (χ0v) is 10.6. The molecule has 1 aromatic rings. The molecule has 0 radical (unpaired) electrons. The quantitative estimate of drug-likeness (QED) is 0.742. The first-order valence-electron chi connectivity index (χ1n) is 5.84. The highest BCUT2D eigenvalue weighted by Crippen LogP contribution is 2.19. The lowest BCUT2D eigenvalue weighted by atomic mass is 10.1. The maximum absolute atomic E-state index is 11.7. The lowest BCUT2D eigenvalue weighted by molar-refractivity contribution is -0.116. The zero-order valence-electron chi connectivity index (χ0n) is 10.6. The molecule has 0 bridgehead atoms. The van der Waals surface area contributed by atoms with Gasteiger partial charge in [0.15, 0.2) is 0 Å². The molecular weight excluding hydrogens is 232 g/mol. The number of hydrogen-bond donors (Lipinski definition) is 3. The van der Waals surface area contributed by atoms with Gasteiger partial charge in [-0.05, 0) is 25.0 Å². The summed E-state index contributed by atoms with van der Waals surface area (Å²) in [6.45, 7) is 3.59. The van der Waals surface area contributed by atoms with Crippen LogP contribution in [0.4, 0.5) is 5.69 Å². The number of amides is 1. The summed E-state index contributed by atoms with van der Waals surface area (Å²) in [7, 11) is 0. The summed E-state index contributed by atoms with van der Waals surface area (Å²) in [6.07, 6.45) is 0.885. The van der Waals surface area contributed by atoms with Crippen molar-refractivity contribution in [1.82, 2.24) is 0 Å². The van der Waals surface area contributed by atoms with E-state index in [4.69, 9.17) is 10.8 Å². The molecule has 4 N–H and O–H groups in total. The second kappa shape index (κ2) is 6.16. The normalized spacial score (nSPS) is 11.9. The molecule has 1 rings (SSSR count). The maximum atomic E-state index is 11.7. The fourth-order valence-electron chi connectivity index (χ4n) is 1.64. The molecular formula is C13H18N2O3. The molecule has 1 atom stereocenters. The Balaban J connectivity index is 2.88. The van der Waals surface area contributed by atoms with Crippen LogP contribution in [0.3, 0.4) is 0 Å². The third-order valence-electron chi connectivity index (χ3n) is 2.73. The van der Waals surface area contributed by atoms with Crippen LogP contribution in [0.25, 0.3) is 0 Å². The summed E-state index contributed by atoms with van der Waals surface area (Å²) in [5, 5.41) is 11.7. The van der Waals surface area contributed by atoms with Gasteiger partial charge in [0.25, 0.3) is 0 Å². The third kappa shape index (κ3) is 3.56. The van der Waals surface area contributed by atoms with Crippen LogP contribution in [-0.4, -0.2) is 23.0 Å². The fraction of sp³-hybridized carbons (Fsp3) is 0.385. The lowest BCUT2D eigenvalue weighted by Gasteiger charge is -2.12. The van der Waals surface area contributed by atoms with Gasteiger partial charge in [0.2, 0.25) is 5.91 Å². The van der Waals surface area contributed by atoms with Gasteiger partial charge in [-0.1, -0.05) is 19.1 Å². The Kier molecular flexibility index (Phi) is 4.85. The summed E-state index contributed by atoms with van der Waals surface area (Å²) < 4.78 is 0. The summed E-state index contributed by atoms with van der Waals surface area (Å²) >= 11 is 0. The van der Waals surface area contributed by atoms with Gasteiger partial charge in [0.1, 0.15) is 0 Å². The number of carboxylic acids is 1. The molecule has 1 aromatic carbocycles. The Morgan fingerprint density at radius 3 is 2.67 bits per heavy atom. The number of carbonyl (C=O) groups is 2. The molecule has 0 saturated heterocycles. The van der Waals surface area contributed by atoms with Crippen molar-refractivity contribution in [1.29, 1.82) is 0 Å². The van der Waals surface area contributed by atoms with Crippen molar-refractivity contribution in [2.24, 2.45) is 5.73 Å². The molecule has 0 aromatic heterocycles. The number of benzene rings is 1. The average molecular weight is 250 g/mol. The summed E-state index contributed by atoms with van der Waals surface area (Å²) in [6, 6.07) is 4.77. The van der Waals surface area contributed by atoms with Gasteiger partial charge in [0.05, 0.1) is 11.3 Å². The van der Waals surface area contributed by atoms with E-state index in [0.717, 1.165) is 0 Å². The minimum absolute atomic E-state index is 0.121. The first kappa shape index (κ1) is 14.2. The van der Waals surface area contributed by atoms with Crippen molar-refractivity contribution < 1.29 is 14.7 Å². The predicted octanol–water partition coefficient (Wildman–Crippen LogP) is 1.76. The maximum Gasteiger partial charge on any atom is 0.338 e. The highest BCUT2D eigenvalue weighted by molar-refractivity contribution is 6.01. The van der Waals surface area contributed by atoms with E-state index in [0.29, 0.717) is 17.7 Å². The van der Waals surface area contributed by atoms with Crippen molar-refractivity contribution in [3.63, 3.8) is 0 Å². The summed E-state index contributed by atoms with van der Waals surface area (Å²) in [5.41, 5.74) is 6.73. The van der Waals surface area contributed by atoms with Crippen molar-refractivity contribution in [3.05, 3.63) is 29.3 Å². The van der Waals surface area contributed by atoms with E-state index in [2.05, 4.69) is 5.32 Å². The number of aryl methyl sites for hydroxylation is 1. The molecule has 18 heavy (non-hydrogen) atoms. The Labute approximate surface area is 106 Å². The second-order valence-corrected chi connectivity index (χ2v) is 4.22. The molecule has 0 aliphatic rings. The Bertz CT molecular complexity index is 458. The van der Waals surface area contributed by atoms with Crippen LogP contribution in [0.1, 0.15) is 35.7 Å². The molecule has 5 heteroatoms. The molecule has 98 valence electrons. The van der Waals surface area contributed by atoms with E-state index in [1.165, 1.54) is 0 Å². The number of aromatic carboxylic acids is 1. The minimum atomic E-state index is -1.05. The molecule has 0 aliphatic heterocycles. The topological polar surface area (TPSA) is 92.4 Å². The number of anilines is 1. The van der Waals surface area contributed by atoms with Crippen LogP contribution >= 0.6 is 0 Å². The van der Waals surface area contributed by atoms with E-state index < -0.39 is 5.97 Å². The van der Waals surface area contributed by atoms with E-state index in [-0.39, 0.29) is 23.9 Å². The van der Waals surface area contributed by atoms with Crippen LogP contribution in [0.15, 0.2) is 18.2 Å². The lowest BCUT2D eigenvalue weighted by Crippen LogP contribution is -2.26. The third-order valence-corrected chi connectivity index (χ3v) is 2.73. The largest absolute Gasteiger partial charge is 0.478 e. The molecule has 0 saturated carbocycles. The Morgan fingerprint density at radius 2 is 2.11 bits per heavy atom. The van der Waals surface area contributed by atoms with Gasteiger partial charge in [-0.25, -0.2) is 4.79 Å². The standard InChI is InChI=1S/C13H18N2O3/c1-3-9(14)7-11(16)15-10-6-4-5-8(2)12(10)13(17)18/h4-6,9H,3,7,14H2,1-2H3,(H,15,16)(H,17,18). The number of hydrogen-bond acceptors (Lipinski definition) is 3.